The number of benzene rings is 1. The first-order valence-corrected chi connectivity index (χ1v) is 7.26. The van der Waals surface area contributed by atoms with Gasteiger partial charge in [0.25, 0.3) is 0 Å². The zero-order chi connectivity index (χ0) is 13.5. The van der Waals surface area contributed by atoms with Crippen LogP contribution in [-0.4, -0.2) is 0 Å². The maximum Gasteiger partial charge on any atom is 0.0249 e. The summed E-state index contributed by atoms with van der Waals surface area (Å²) in [5.74, 6) is 7.38. The van der Waals surface area contributed by atoms with E-state index in [0.29, 0.717) is 5.92 Å². The number of allylic oxidation sites excluding steroid dienone is 2. The summed E-state index contributed by atoms with van der Waals surface area (Å²) in [4.78, 5) is 0. The third kappa shape index (κ3) is 4.01. The molecule has 0 unspecified atom stereocenters. The summed E-state index contributed by atoms with van der Waals surface area (Å²) in [6.07, 6.45) is 8.85. The van der Waals surface area contributed by atoms with Crippen molar-refractivity contribution >= 4 is 11.6 Å². The first-order chi connectivity index (χ1) is 9.33. The monoisotopic (exact) mass is 270 g/mol. The van der Waals surface area contributed by atoms with Crippen LogP contribution in [0.15, 0.2) is 48.5 Å². The molecule has 1 fully saturated rings. The van der Waals surface area contributed by atoms with Gasteiger partial charge in [-0.1, -0.05) is 41.7 Å². The third-order valence-corrected chi connectivity index (χ3v) is 3.98. The summed E-state index contributed by atoms with van der Waals surface area (Å²) >= 11 is 5.43. The molecule has 1 aliphatic carbocycles. The third-order valence-electron chi connectivity index (χ3n) is 3.85. The van der Waals surface area contributed by atoms with Crippen LogP contribution >= 0.6 is 11.6 Å². The second-order valence-electron chi connectivity index (χ2n) is 5.03. The van der Waals surface area contributed by atoms with Gasteiger partial charge in [0.15, 0.2) is 0 Å². The molecule has 0 heterocycles. The average molecular weight is 271 g/mol. The van der Waals surface area contributed by atoms with E-state index in [1.807, 2.05) is 0 Å². The molecule has 1 aromatic rings. The predicted molar refractivity (Wildman–Crippen MR) is 83.2 cm³/mol. The molecule has 1 aromatic carbocycles. The Balaban J connectivity index is 1.99. The summed E-state index contributed by atoms with van der Waals surface area (Å²) in [5.41, 5.74) is 3.92. The van der Waals surface area contributed by atoms with E-state index >= 15 is 0 Å². The summed E-state index contributed by atoms with van der Waals surface area (Å²) in [6.45, 7) is 3.90. The SMILES string of the molecule is C=CC1CCC(c2ccc(C#CC=CCl)cc2)CC1. The Morgan fingerprint density at radius 2 is 1.79 bits per heavy atom. The molecule has 1 saturated carbocycles. The molecule has 2 rings (SSSR count). The van der Waals surface area contributed by atoms with Gasteiger partial charge in [0, 0.05) is 11.1 Å². The molecule has 0 nitrogen and oxygen atoms in total. The van der Waals surface area contributed by atoms with Gasteiger partial charge in [0.1, 0.15) is 0 Å². The fourth-order valence-electron chi connectivity index (χ4n) is 2.68. The van der Waals surface area contributed by atoms with Crippen molar-refractivity contribution in [2.24, 2.45) is 5.92 Å². The lowest BCUT2D eigenvalue weighted by Gasteiger charge is -2.26. The molecule has 0 N–H and O–H groups in total. The van der Waals surface area contributed by atoms with Gasteiger partial charge in [-0.15, -0.1) is 6.58 Å². The van der Waals surface area contributed by atoms with E-state index < -0.39 is 0 Å². The van der Waals surface area contributed by atoms with Crippen LogP contribution in [0.5, 0.6) is 0 Å². The first-order valence-electron chi connectivity index (χ1n) is 6.82. The summed E-state index contributed by atoms with van der Waals surface area (Å²) in [5, 5.41) is 0. The number of rotatable bonds is 2. The van der Waals surface area contributed by atoms with Crippen LogP contribution in [0, 0.1) is 17.8 Å². The summed E-state index contributed by atoms with van der Waals surface area (Å²) < 4.78 is 0. The Morgan fingerprint density at radius 1 is 1.11 bits per heavy atom. The predicted octanol–water partition coefficient (Wildman–Crippen LogP) is 5.25. The number of hydrogen-bond donors (Lipinski definition) is 0. The molecule has 19 heavy (non-hydrogen) atoms. The zero-order valence-corrected chi connectivity index (χ0v) is 11.9. The van der Waals surface area contributed by atoms with Crippen molar-refractivity contribution in [2.75, 3.05) is 0 Å². The van der Waals surface area contributed by atoms with Crippen molar-refractivity contribution in [3.05, 3.63) is 59.7 Å². The molecular weight excluding hydrogens is 252 g/mol. The lowest BCUT2D eigenvalue weighted by atomic mass is 9.79. The van der Waals surface area contributed by atoms with Crippen molar-refractivity contribution in [1.82, 2.24) is 0 Å². The van der Waals surface area contributed by atoms with Gasteiger partial charge in [0.05, 0.1) is 0 Å². The van der Waals surface area contributed by atoms with E-state index in [0.717, 1.165) is 11.5 Å². The molecule has 0 aromatic heterocycles. The van der Waals surface area contributed by atoms with E-state index in [4.69, 9.17) is 11.6 Å². The molecule has 0 bridgehead atoms. The topological polar surface area (TPSA) is 0 Å². The molecule has 98 valence electrons. The molecular formula is C18H19Cl. The Bertz CT molecular complexity index is 491. The zero-order valence-electron chi connectivity index (χ0n) is 11.1. The maximum atomic E-state index is 5.43. The Hall–Kier alpha value is -1.45. The van der Waals surface area contributed by atoms with Crippen molar-refractivity contribution < 1.29 is 0 Å². The van der Waals surface area contributed by atoms with Crippen LogP contribution in [0.25, 0.3) is 0 Å². The second-order valence-corrected chi connectivity index (χ2v) is 5.28. The van der Waals surface area contributed by atoms with Gasteiger partial charge in [-0.3, -0.25) is 0 Å². The lowest BCUT2D eigenvalue weighted by molar-refractivity contribution is 0.376. The standard InChI is InChI=1S/C18H19Cl/c1-2-15-6-10-17(11-7-15)18-12-8-16(9-13-18)5-3-4-14-19/h2,4,8-9,12-15,17H,1,6-7,10-11H2. The van der Waals surface area contributed by atoms with Crippen molar-refractivity contribution in [3.63, 3.8) is 0 Å². The summed E-state index contributed by atoms with van der Waals surface area (Å²) in [7, 11) is 0. The van der Waals surface area contributed by atoms with Crippen LogP contribution in [0.3, 0.4) is 0 Å². The highest BCUT2D eigenvalue weighted by molar-refractivity contribution is 6.25. The van der Waals surface area contributed by atoms with E-state index in [1.54, 1.807) is 6.08 Å². The fraction of sp³-hybridized carbons (Fsp3) is 0.333. The normalized spacial score (nSPS) is 22.8. The number of halogens is 1. The second kappa shape index (κ2) is 7.22. The fourth-order valence-corrected chi connectivity index (χ4v) is 2.75. The average Bonchev–Trinajstić information content (AvgIpc) is 2.48. The lowest BCUT2D eigenvalue weighted by Crippen LogP contribution is -2.11. The van der Waals surface area contributed by atoms with Crippen molar-refractivity contribution in [3.8, 4) is 11.8 Å². The highest BCUT2D eigenvalue weighted by atomic mass is 35.5. The van der Waals surface area contributed by atoms with Crippen molar-refractivity contribution in [1.29, 1.82) is 0 Å². The van der Waals surface area contributed by atoms with Gasteiger partial charge >= 0.3 is 0 Å². The van der Waals surface area contributed by atoms with E-state index in [9.17, 15) is 0 Å². The largest absolute Gasteiger partial charge is 0.103 e. The van der Waals surface area contributed by atoms with Crippen LogP contribution in [0.4, 0.5) is 0 Å². The molecule has 0 spiro atoms. The van der Waals surface area contributed by atoms with Crippen molar-refractivity contribution in [2.45, 2.75) is 31.6 Å². The maximum absolute atomic E-state index is 5.43. The molecule has 1 heteroatoms. The minimum Gasteiger partial charge on any atom is -0.103 e. The smallest absolute Gasteiger partial charge is 0.0249 e. The van der Waals surface area contributed by atoms with Gasteiger partial charge < -0.3 is 0 Å². The molecule has 1 aliphatic rings. The van der Waals surface area contributed by atoms with E-state index in [2.05, 4.69) is 48.8 Å². The Kier molecular flexibility index (Phi) is 5.31. The van der Waals surface area contributed by atoms with Crippen LogP contribution < -0.4 is 0 Å². The Labute approximate surface area is 121 Å². The van der Waals surface area contributed by atoms with Crippen LogP contribution in [-0.2, 0) is 0 Å². The molecule has 0 aliphatic heterocycles. The minimum absolute atomic E-state index is 0.709. The first kappa shape index (κ1) is 14.0. The number of hydrogen-bond acceptors (Lipinski definition) is 0. The summed E-state index contributed by atoms with van der Waals surface area (Å²) in [6, 6.07) is 8.63. The van der Waals surface area contributed by atoms with E-state index in [-0.39, 0.29) is 0 Å². The molecule has 0 saturated heterocycles. The minimum atomic E-state index is 0.709. The molecule has 0 amide bonds. The van der Waals surface area contributed by atoms with Crippen LogP contribution in [0.2, 0.25) is 0 Å². The van der Waals surface area contributed by atoms with E-state index in [1.165, 1.54) is 36.8 Å². The quantitative estimate of drug-likeness (QED) is 0.509. The van der Waals surface area contributed by atoms with Gasteiger partial charge in [-0.05, 0) is 61.3 Å². The molecule has 0 radical (unpaired) electrons. The molecule has 0 atom stereocenters. The highest BCUT2D eigenvalue weighted by Gasteiger charge is 2.20. The van der Waals surface area contributed by atoms with Gasteiger partial charge in [-0.25, -0.2) is 0 Å². The Morgan fingerprint density at radius 3 is 2.37 bits per heavy atom. The van der Waals surface area contributed by atoms with Crippen LogP contribution in [0.1, 0.15) is 42.7 Å². The highest BCUT2D eigenvalue weighted by Crippen LogP contribution is 2.36. The van der Waals surface area contributed by atoms with Gasteiger partial charge in [0.2, 0.25) is 0 Å². The van der Waals surface area contributed by atoms with Gasteiger partial charge in [-0.2, -0.15) is 0 Å².